The third-order valence-corrected chi connectivity index (χ3v) is 18.2. The van der Waals surface area contributed by atoms with Crippen LogP contribution in [-0.2, 0) is 67.2 Å². The number of amides is 10. The molecule has 2 saturated heterocycles. The number of nitro benzene ring substituents is 1. The molecule has 0 spiro atoms. The van der Waals surface area contributed by atoms with Crippen LogP contribution in [0.2, 0.25) is 0 Å². The maximum atomic E-state index is 15.0. The van der Waals surface area contributed by atoms with Gasteiger partial charge in [-0.25, -0.2) is 0 Å². The number of rotatable bonds is 22. The molecule has 25 nitrogen and oxygen atoms in total. The van der Waals surface area contributed by atoms with Gasteiger partial charge < -0.3 is 64.4 Å². The van der Waals surface area contributed by atoms with Crippen molar-refractivity contribution in [3.8, 4) is 5.75 Å². The highest BCUT2D eigenvalue weighted by atomic mass is 33.1. The van der Waals surface area contributed by atoms with Gasteiger partial charge in [-0.1, -0.05) is 104 Å². The molecule has 0 radical (unpaired) electrons. The Morgan fingerprint density at radius 2 is 1.36 bits per heavy atom. The van der Waals surface area contributed by atoms with Crippen molar-refractivity contribution in [3.63, 3.8) is 0 Å². The van der Waals surface area contributed by atoms with Crippen LogP contribution in [0.15, 0.2) is 78.9 Å². The van der Waals surface area contributed by atoms with Crippen molar-refractivity contribution in [2.45, 2.75) is 158 Å². The summed E-state index contributed by atoms with van der Waals surface area (Å²) in [7, 11) is 2.38. The van der Waals surface area contributed by atoms with E-state index >= 15 is 4.79 Å². The number of phenolic OH excluding ortho intramolecular Hbond substituents is 1. The minimum atomic E-state index is -1.70. The van der Waals surface area contributed by atoms with Gasteiger partial charge in [0.15, 0.2) is 0 Å². The first-order valence-electron chi connectivity index (χ1n) is 28.0. The molecule has 1 unspecified atom stereocenters. The summed E-state index contributed by atoms with van der Waals surface area (Å²) in [6.07, 6.45) is 1.02. The molecule has 456 valence electrons. The first-order valence-corrected chi connectivity index (χ1v) is 30.3. The lowest BCUT2D eigenvalue weighted by Crippen LogP contribution is -2.61. The third kappa shape index (κ3) is 20.0. The van der Waals surface area contributed by atoms with Gasteiger partial charge in [0.2, 0.25) is 59.1 Å². The Hall–Kier alpha value is -7.78. The zero-order valence-electron chi connectivity index (χ0n) is 47.6. The van der Waals surface area contributed by atoms with E-state index in [2.05, 4.69) is 37.2 Å². The predicted octanol–water partition coefficient (Wildman–Crippen LogP) is 1.20. The van der Waals surface area contributed by atoms with Crippen LogP contribution < -0.4 is 54.4 Å². The van der Waals surface area contributed by atoms with Crippen molar-refractivity contribution in [2.24, 2.45) is 23.1 Å². The molecule has 0 bridgehead atoms. The van der Waals surface area contributed by atoms with Crippen molar-refractivity contribution < 1.29 is 58.0 Å². The quantitative estimate of drug-likeness (QED) is 0.0291. The Balaban J connectivity index is 1.50. The second kappa shape index (κ2) is 32.3. The zero-order valence-corrected chi connectivity index (χ0v) is 49.2. The van der Waals surface area contributed by atoms with Crippen LogP contribution in [0.25, 0.3) is 0 Å². The molecular weight excluding hydrogens is 1120 g/mol. The summed E-state index contributed by atoms with van der Waals surface area (Å²) in [5, 5.41) is 40.2. The Labute approximate surface area is 495 Å². The topological polar surface area (TPSA) is 400 Å². The van der Waals surface area contributed by atoms with Crippen molar-refractivity contribution >= 4 is 86.3 Å². The number of hydrogen-bond acceptors (Lipinski definition) is 16. The smallest absolute Gasteiger partial charge is 0.269 e. The molecule has 2 fully saturated rings. The van der Waals surface area contributed by atoms with E-state index in [1.54, 1.807) is 56.3 Å². The average molecular weight is 1200 g/mol. The lowest BCUT2D eigenvalue weighted by molar-refractivity contribution is -0.384. The lowest BCUT2D eigenvalue weighted by atomic mass is 9.96. The van der Waals surface area contributed by atoms with Crippen LogP contribution in [0.4, 0.5) is 5.69 Å². The first-order chi connectivity index (χ1) is 40.0. The number of carbonyl (C=O) groups is 10. The van der Waals surface area contributed by atoms with Crippen molar-refractivity contribution in [1.82, 2.24) is 42.1 Å². The largest absolute Gasteiger partial charge is 0.508 e. The maximum Gasteiger partial charge on any atom is 0.269 e. The van der Waals surface area contributed by atoms with Crippen LogP contribution in [-0.4, -0.2) is 146 Å². The number of benzene rings is 3. The molecule has 2 heterocycles. The molecule has 0 aliphatic carbocycles. The second-order valence-electron chi connectivity index (χ2n) is 21.3. The predicted molar refractivity (Wildman–Crippen MR) is 316 cm³/mol. The van der Waals surface area contributed by atoms with Gasteiger partial charge in [-0.2, -0.15) is 0 Å². The third-order valence-electron chi connectivity index (χ3n) is 14.8. The van der Waals surface area contributed by atoms with Crippen molar-refractivity contribution in [3.05, 3.63) is 106 Å². The van der Waals surface area contributed by atoms with Crippen LogP contribution in [0.5, 0.6) is 5.75 Å². The van der Waals surface area contributed by atoms with E-state index in [1.807, 2.05) is 13.8 Å². The number of nitrogens with one attached hydrogen (secondary N) is 7. The van der Waals surface area contributed by atoms with Crippen molar-refractivity contribution in [1.29, 1.82) is 0 Å². The number of primary amides is 2. The molecular formula is C57H78N12O13S2. The molecule has 14 N–H and O–H groups in total. The van der Waals surface area contributed by atoms with Gasteiger partial charge in [0.1, 0.15) is 54.1 Å². The van der Waals surface area contributed by atoms with Crippen LogP contribution in [0, 0.1) is 16.0 Å². The van der Waals surface area contributed by atoms with Crippen LogP contribution >= 0.6 is 21.6 Å². The molecule has 27 heteroatoms. The molecule has 2 aliphatic heterocycles. The zero-order chi connectivity index (χ0) is 61.7. The summed E-state index contributed by atoms with van der Waals surface area (Å²) in [4.78, 5) is 153. The summed E-state index contributed by atoms with van der Waals surface area (Å²) in [5.41, 5.74) is 18.6. The normalized spacial score (nSPS) is 21.7. The standard InChI is InChI=1S/C57H78N12O13S2/c1-5-57(6-2)31-47(72)61-41(29-35-17-21-37(22-18-35)69(81)82)51(75)64-42(28-34-13-8-7-9-14-34)53(77)67-48(33(3)4)55(79)65-43(30-46(59)71)52(76)66-44(32-83-84-57)56(80)68-26-12-16-45(68)54(78)62-39(15-10-11-25-58)50(74)63-40(49(60)73)27-36-19-23-38(70)24-20-36/h7-9,13-14,17-24,33,39-45,48,70H,5-6,10-12,15-16,25-32,58H2,1-4H3,(H2,59,71)(H2,60,73)(H,61,72)(H,62,78)(H,63,74)(H,64,75)(H,65,79)(H,66,76)(H,67,77)/t39-,40+,41?,42-,43-,44-,45-,48-/m0/s1. The summed E-state index contributed by atoms with van der Waals surface area (Å²) in [5.74, 6) is -9.01. The van der Waals surface area contributed by atoms with Gasteiger partial charge in [-0.05, 0) is 86.2 Å². The highest BCUT2D eigenvalue weighted by Gasteiger charge is 2.42. The summed E-state index contributed by atoms with van der Waals surface area (Å²) < 4.78 is -0.876. The molecule has 84 heavy (non-hydrogen) atoms. The van der Waals surface area contributed by atoms with Crippen LogP contribution in [0.3, 0.4) is 0 Å². The van der Waals surface area contributed by atoms with E-state index in [4.69, 9.17) is 17.2 Å². The number of likely N-dealkylation sites (tertiary alicyclic amines) is 1. The Bertz CT molecular complexity index is 2810. The minimum Gasteiger partial charge on any atom is -0.508 e. The van der Waals surface area contributed by atoms with Gasteiger partial charge in [-0.3, -0.25) is 58.1 Å². The Morgan fingerprint density at radius 1 is 0.762 bits per heavy atom. The SMILES string of the molecule is CCC1(CC)CC(=O)NC(Cc2ccc([N+](=O)[O-])cc2)C(=O)N[C@@H](Cc2ccccc2)C(=O)N[C@@H](C(C)C)C(=O)N[C@@H](CC(N)=O)C(=O)N[C@H](C(=O)N2CCC[C@H]2C(=O)N[C@@H](CCCCN)C(=O)N[C@H](Cc2ccc(O)cc2)C(N)=O)CSS1. The highest BCUT2D eigenvalue weighted by molar-refractivity contribution is 8.77. The summed E-state index contributed by atoms with van der Waals surface area (Å²) >= 11 is 0. The number of nitro groups is 1. The average Bonchev–Trinajstić information content (AvgIpc) is 4.19. The first kappa shape index (κ1) is 67.0. The number of non-ortho nitro benzene ring substituents is 1. The number of nitrogens with zero attached hydrogens (tertiary/aromatic N) is 2. The van der Waals surface area contributed by atoms with E-state index in [1.165, 1.54) is 52.1 Å². The molecule has 0 saturated carbocycles. The van der Waals surface area contributed by atoms with Gasteiger partial charge >= 0.3 is 0 Å². The van der Waals surface area contributed by atoms with Crippen LogP contribution in [0.1, 0.15) is 102 Å². The number of phenols is 1. The fraction of sp³-hybridized carbons (Fsp3) is 0.509. The van der Waals surface area contributed by atoms with Gasteiger partial charge in [0, 0.05) is 54.9 Å². The number of unbranched alkanes of at least 4 members (excludes halogenated alkanes) is 1. The molecule has 5 rings (SSSR count). The fourth-order valence-corrected chi connectivity index (χ4v) is 13.1. The number of aromatic hydroxyl groups is 1. The Morgan fingerprint density at radius 3 is 1.95 bits per heavy atom. The molecule has 10 amide bonds. The number of nitrogens with two attached hydrogens (primary N) is 3. The molecule has 3 aromatic rings. The second-order valence-corrected chi connectivity index (χ2v) is 24.1. The van der Waals surface area contributed by atoms with E-state index < -0.39 is 129 Å². The van der Waals surface area contributed by atoms with E-state index in [-0.39, 0.29) is 68.8 Å². The monoisotopic (exact) mass is 1200 g/mol. The Kier molecular flexibility index (Phi) is 25.8. The van der Waals surface area contributed by atoms with E-state index in [0.29, 0.717) is 48.8 Å². The maximum absolute atomic E-state index is 15.0. The molecule has 3 aromatic carbocycles. The summed E-state index contributed by atoms with van der Waals surface area (Å²) in [6.45, 7) is 7.24. The number of carbonyl (C=O) groups excluding carboxylic acids is 10. The minimum absolute atomic E-state index is 0.00880. The lowest BCUT2D eigenvalue weighted by Gasteiger charge is -2.33. The van der Waals surface area contributed by atoms with Gasteiger partial charge in [0.25, 0.3) is 5.69 Å². The summed E-state index contributed by atoms with van der Waals surface area (Å²) in [6, 6.07) is 9.20. The molecule has 8 atom stereocenters. The van der Waals surface area contributed by atoms with Gasteiger partial charge in [-0.15, -0.1) is 0 Å². The molecule has 2 aliphatic rings. The fourth-order valence-electron chi connectivity index (χ4n) is 9.75. The highest BCUT2D eigenvalue weighted by Crippen LogP contribution is 2.44. The van der Waals surface area contributed by atoms with E-state index in [0.717, 1.165) is 10.8 Å². The van der Waals surface area contributed by atoms with E-state index in [9.17, 15) is 58.4 Å². The molecule has 0 aromatic heterocycles. The van der Waals surface area contributed by atoms with Gasteiger partial charge in [0.05, 0.1) is 11.3 Å². The number of hydrogen-bond donors (Lipinski definition) is 11. The van der Waals surface area contributed by atoms with Crippen molar-refractivity contribution in [2.75, 3.05) is 18.8 Å².